The molecule has 0 bridgehead atoms. The van der Waals surface area contributed by atoms with E-state index in [4.69, 9.17) is 0 Å². The van der Waals surface area contributed by atoms with Crippen LogP contribution < -0.4 is 10.6 Å². The summed E-state index contributed by atoms with van der Waals surface area (Å²) in [6.45, 7) is 9.44. The van der Waals surface area contributed by atoms with Crippen LogP contribution in [-0.4, -0.2) is 18.5 Å². The lowest BCUT2D eigenvalue weighted by Crippen LogP contribution is -2.43. The largest absolute Gasteiger partial charge is 0.385 e. The number of nitrogens with one attached hydrogen (secondary N) is 2. The van der Waals surface area contributed by atoms with Crippen molar-refractivity contribution in [2.24, 2.45) is 11.8 Å². The Morgan fingerprint density at radius 1 is 1.29 bits per heavy atom. The van der Waals surface area contributed by atoms with Crippen LogP contribution in [0, 0.1) is 18.8 Å². The number of rotatable bonds is 4. The van der Waals surface area contributed by atoms with Gasteiger partial charge in [-0.25, -0.2) is 0 Å². The standard InChI is InChI=1S/C18H28N2O/c1-5-19-17-10-9-12(2)11-15(17)18(21)20-16-8-6-7-13(3)14(16)4/h9-11,13-14,16,19H,5-8H2,1-4H3,(H,20,21). The summed E-state index contributed by atoms with van der Waals surface area (Å²) in [6, 6.07) is 6.32. The number of hydrogen-bond donors (Lipinski definition) is 2. The molecule has 0 aromatic heterocycles. The van der Waals surface area contributed by atoms with Gasteiger partial charge in [0, 0.05) is 18.3 Å². The van der Waals surface area contributed by atoms with Gasteiger partial charge in [0.05, 0.1) is 5.56 Å². The molecule has 2 rings (SSSR count). The number of anilines is 1. The van der Waals surface area contributed by atoms with Crippen LogP contribution in [-0.2, 0) is 0 Å². The monoisotopic (exact) mass is 288 g/mol. The number of benzene rings is 1. The highest BCUT2D eigenvalue weighted by molar-refractivity contribution is 6.00. The Balaban J connectivity index is 2.14. The minimum Gasteiger partial charge on any atom is -0.385 e. The van der Waals surface area contributed by atoms with E-state index in [1.54, 1.807) is 0 Å². The van der Waals surface area contributed by atoms with Crippen LogP contribution in [0.15, 0.2) is 18.2 Å². The molecular formula is C18H28N2O. The summed E-state index contributed by atoms with van der Waals surface area (Å²) in [5.41, 5.74) is 2.81. The molecule has 3 unspecified atom stereocenters. The molecule has 1 aliphatic rings. The summed E-state index contributed by atoms with van der Waals surface area (Å²) in [6.07, 6.45) is 3.59. The van der Waals surface area contributed by atoms with Crippen LogP contribution in [0.25, 0.3) is 0 Å². The minimum atomic E-state index is 0.0561. The molecule has 3 heteroatoms. The van der Waals surface area contributed by atoms with E-state index >= 15 is 0 Å². The summed E-state index contributed by atoms with van der Waals surface area (Å²) in [5.74, 6) is 1.30. The minimum absolute atomic E-state index is 0.0561. The number of amides is 1. The second kappa shape index (κ2) is 6.97. The maximum atomic E-state index is 12.7. The topological polar surface area (TPSA) is 41.1 Å². The van der Waals surface area contributed by atoms with Crippen molar-refractivity contribution in [2.45, 2.75) is 53.0 Å². The predicted octanol–water partition coefficient (Wildman–Crippen LogP) is 3.98. The normalized spacial score (nSPS) is 25.4. The van der Waals surface area contributed by atoms with Crippen LogP contribution in [0.1, 0.15) is 56.0 Å². The Morgan fingerprint density at radius 3 is 2.76 bits per heavy atom. The Bertz CT molecular complexity index is 498. The van der Waals surface area contributed by atoms with Crippen molar-refractivity contribution in [1.82, 2.24) is 5.32 Å². The van der Waals surface area contributed by atoms with Crippen LogP contribution in [0.4, 0.5) is 5.69 Å². The molecule has 1 saturated carbocycles. The van der Waals surface area contributed by atoms with Gasteiger partial charge in [-0.2, -0.15) is 0 Å². The molecule has 1 amide bonds. The third kappa shape index (κ3) is 3.78. The Labute approximate surface area is 128 Å². The SMILES string of the molecule is CCNc1ccc(C)cc1C(=O)NC1CCCC(C)C1C. The van der Waals surface area contributed by atoms with Crippen LogP contribution >= 0.6 is 0 Å². The number of carbonyl (C=O) groups excluding carboxylic acids is 1. The van der Waals surface area contributed by atoms with Crippen molar-refractivity contribution >= 4 is 11.6 Å². The highest BCUT2D eigenvalue weighted by Gasteiger charge is 2.28. The third-order valence-corrected chi connectivity index (χ3v) is 4.81. The average molecular weight is 288 g/mol. The molecule has 0 radical (unpaired) electrons. The van der Waals surface area contributed by atoms with E-state index in [2.05, 4.69) is 24.5 Å². The van der Waals surface area contributed by atoms with E-state index in [0.29, 0.717) is 17.9 Å². The summed E-state index contributed by atoms with van der Waals surface area (Å²) in [7, 11) is 0. The highest BCUT2D eigenvalue weighted by atomic mass is 16.1. The molecule has 1 fully saturated rings. The van der Waals surface area contributed by atoms with Gasteiger partial charge >= 0.3 is 0 Å². The first-order valence-corrected chi connectivity index (χ1v) is 8.18. The van der Waals surface area contributed by atoms with E-state index in [9.17, 15) is 4.79 Å². The zero-order valence-corrected chi connectivity index (χ0v) is 13.7. The lowest BCUT2D eigenvalue weighted by atomic mass is 9.78. The van der Waals surface area contributed by atoms with Gasteiger partial charge in [0.1, 0.15) is 0 Å². The maximum absolute atomic E-state index is 12.7. The molecular weight excluding hydrogens is 260 g/mol. The second-order valence-corrected chi connectivity index (χ2v) is 6.43. The lowest BCUT2D eigenvalue weighted by molar-refractivity contribution is 0.0892. The summed E-state index contributed by atoms with van der Waals surface area (Å²) >= 11 is 0. The van der Waals surface area contributed by atoms with Crippen molar-refractivity contribution in [3.63, 3.8) is 0 Å². The first kappa shape index (κ1) is 15.9. The van der Waals surface area contributed by atoms with E-state index in [1.807, 2.05) is 32.0 Å². The molecule has 0 saturated heterocycles. The lowest BCUT2D eigenvalue weighted by Gasteiger charge is -2.34. The van der Waals surface area contributed by atoms with Gasteiger partial charge in [0.15, 0.2) is 0 Å². The molecule has 3 atom stereocenters. The Kier molecular flexibility index (Phi) is 5.27. The van der Waals surface area contributed by atoms with Crippen molar-refractivity contribution in [1.29, 1.82) is 0 Å². The summed E-state index contributed by atoms with van der Waals surface area (Å²) in [5, 5.41) is 6.54. The van der Waals surface area contributed by atoms with Crippen molar-refractivity contribution in [3.05, 3.63) is 29.3 Å². The fourth-order valence-corrected chi connectivity index (χ4v) is 3.22. The first-order chi connectivity index (χ1) is 10.0. The summed E-state index contributed by atoms with van der Waals surface area (Å²) in [4.78, 5) is 12.7. The average Bonchev–Trinajstić information content (AvgIpc) is 2.46. The quantitative estimate of drug-likeness (QED) is 0.880. The molecule has 0 spiro atoms. The van der Waals surface area contributed by atoms with Crippen molar-refractivity contribution in [3.8, 4) is 0 Å². The van der Waals surface area contributed by atoms with Crippen molar-refractivity contribution in [2.75, 3.05) is 11.9 Å². The fraction of sp³-hybridized carbons (Fsp3) is 0.611. The Hall–Kier alpha value is -1.51. The molecule has 1 aromatic carbocycles. The van der Waals surface area contributed by atoms with Gasteiger partial charge in [-0.1, -0.05) is 38.3 Å². The molecule has 0 heterocycles. The molecule has 1 aliphatic carbocycles. The van der Waals surface area contributed by atoms with E-state index in [0.717, 1.165) is 29.8 Å². The van der Waals surface area contributed by atoms with Gasteiger partial charge in [-0.15, -0.1) is 0 Å². The molecule has 116 valence electrons. The van der Waals surface area contributed by atoms with Crippen LogP contribution in [0.5, 0.6) is 0 Å². The van der Waals surface area contributed by atoms with Gasteiger partial charge in [-0.3, -0.25) is 4.79 Å². The van der Waals surface area contributed by atoms with E-state index < -0.39 is 0 Å². The molecule has 21 heavy (non-hydrogen) atoms. The van der Waals surface area contributed by atoms with E-state index in [1.165, 1.54) is 12.8 Å². The van der Waals surface area contributed by atoms with Crippen LogP contribution in [0.3, 0.4) is 0 Å². The van der Waals surface area contributed by atoms with Gasteiger partial charge < -0.3 is 10.6 Å². The number of aryl methyl sites for hydroxylation is 1. The van der Waals surface area contributed by atoms with Crippen LogP contribution in [0.2, 0.25) is 0 Å². The molecule has 0 aliphatic heterocycles. The van der Waals surface area contributed by atoms with Gasteiger partial charge in [-0.05, 0) is 44.2 Å². The zero-order chi connectivity index (χ0) is 15.4. The summed E-state index contributed by atoms with van der Waals surface area (Å²) < 4.78 is 0. The smallest absolute Gasteiger partial charge is 0.253 e. The van der Waals surface area contributed by atoms with E-state index in [-0.39, 0.29) is 5.91 Å². The number of carbonyl (C=O) groups is 1. The zero-order valence-electron chi connectivity index (χ0n) is 13.7. The third-order valence-electron chi connectivity index (χ3n) is 4.81. The predicted molar refractivity (Wildman–Crippen MR) is 88.8 cm³/mol. The van der Waals surface area contributed by atoms with Gasteiger partial charge in [0.2, 0.25) is 0 Å². The van der Waals surface area contributed by atoms with Crippen molar-refractivity contribution < 1.29 is 4.79 Å². The van der Waals surface area contributed by atoms with Gasteiger partial charge in [0.25, 0.3) is 5.91 Å². The second-order valence-electron chi connectivity index (χ2n) is 6.43. The highest BCUT2D eigenvalue weighted by Crippen LogP contribution is 2.30. The fourth-order valence-electron chi connectivity index (χ4n) is 3.22. The molecule has 2 N–H and O–H groups in total. The number of hydrogen-bond acceptors (Lipinski definition) is 2. The maximum Gasteiger partial charge on any atom is 0.253 e. The Morgan fingerprint density at radius 2 is 2.05 bits per heavy atom. The first-order valence-electron chi connectivity index (χ1n) is 8.18. The molecule has 3 nitrogen and oxygen atoms in total. The molecule has 1 aromatic rings.